The fourth-order valence-electron chi connectivity index (χ4n) is 2.93. The second kappa shape index (κ2) is 5.87. The highest BCUT2D eigenvalue weighted by Crippen LogP contribution is 2.30. The molecule has 1 aromatic carbocycles. The molecule has 0 spiro atoms. The number of nitrogens with one attached hydrogen (secondary N) is 1. The lowest BCUT2D eigenvalue weighted by molar-refractivity contribution is -0.117. The van der Waals surface area contributed by atoms with Crippen molar-refractivity contribution in [2.45, 2.75) is 33.6 Å². The summed E-state index contributed by atoms with van der Waals surface area (Å²) in [5, 5.41) is 6.75. The predicted octanol–water partition coefficient (Wildman–Crippen LogP) is 2.38. The highest BCUT2D eigenvalue weighted by atomic mass is 16.5. The number of benzene rings is 1. The molecular formula is C17H19N3O3. The van der Waals surface area contributed by atoms with E-state index in [0.29, 0.717) is 12.3 Å². The van der Waals surface area contributed by atoms with Crippen LogP contribution in [0.2, 0.25) is 0 Å². The number of nitrogens with zero attached hydrogens (tertiary/aromatic N) is 2. The molecule has 0 fully saturated rings. The number of amides is 2. The maximum Gasteiger partial charge on any atom is 0.228 e. The molecule has 0 aliphatic carbocycles. The van der Waals surface area contributed by atoms with Gasteiger partial charge in [0.25, 0.3) is 0 Å². The van der Waals surface area contributed by atoms with E-state index in [1.165, 1.54) is 0 Å². The van der Waals surface area contributed by atoms with Gasteiger partial charge in [-0.25, -0.2) is 0 Å². The second-order valence-electron chi connectivity index (χ2n) is 5.79. The summed E-state index contributed by atoms with van der Waals surface area (Å²) in [5.41, 5.74) is 4.32. The molecule has 6 heteroatoms. The van der Waals surface area contributed by atoms with Gasteiger partial charge < -0.3 is 14.7 Å². The summed E-state index contributed by atoms with van der Waals surface area (Å²) in [5.74, 6) is 0.600. The van der Waals surface area contributed by atoms with Gasteiger partial charge in [0.15, 0.2) is 0 Å². The van der Waals surface area contributed by atoms with E-state index in [4.69, 9.17) is 4.52 Å². The summed E-state index contributed by atoms with van der Waals surface area (Å²) in [7, 11) is 0. The highest BCUT2D eigenvalue weighted by molar-refractivity contribution is 5.96. The molecule has 23 heavy (non-hydrogen) atoms. The van der Waals surface area contributed by atoms with E-state index in [2.05, 4.69) is 10.5 Å². The first-order valence-electron chi connectivity index (χ1n) is 7.58. The van der Waals surface area contributed by atoms with E-state index in [-0.39, 0.29) is 18.2 Å². The van der Waals surface area contributed by atoms with Crippen LogP contribution in [-0.2, 0) is 22.4 Å². The molecule has 3 rings (SSSR count). The van der Waals surface area contributed by atoms with E-state index in [9.17, 15) is 9.59 Å². The average molecular weight is 313 g/mol. The maximum atomic E-state index is 12.2. The Balaban J connectivity index is 1.72. The van der Waals surface area contributed by atoms with Crippen LogP contribution in [-0.4, -0.2) is 23.5 Å². The number of fused-ring (bicyclic) bond motifs is 1. The van der Waals surface area contributed by atoms with Crippen molar-refractivity contribution >= 4 is 23.2 Å². The van der Waals surface area contributed by atoms with E-state index in [1.807, 2.05) is 25.1 Å². The number of hydrogen-bond acceptors (Lipinski definition) is 4. The van der Waals surface area contributed by atoms with Gasteiger partial charge in [-0.3, -0.25) is 9.59 Å². The summed E-state index contributed by atoms with van der Waals surface area (Å²) in [6.07, 6.45) is 1.04. The van der Waals surface area contributed by atoms with Gasteiger partial charge in [-0.1, -0.05) is 5.16 Å². The van der Waals surface area contributed by atoms with Crippen LogP contribution in [0, 0.1) is 13.8 Å². The van der Waals surface area contributed by atoms with Crippen LogP contribution in [0.1, 0.15) is 29.5 Å². The van der Waals surface area contributed by atoms with E-state index < -0.39 is 0 Å². The van der Waals surface area contributed by atoms with Crippen LogP contribution in [0.25, 0.3) is 0 Å². The minimum Gasteiger partial charge on any atom is -0.361 e. The summed E-state index contributed by atoms with van der Waals surface area (Å²) in [6.45, 7) is 5.88. The number of aryl methyl sites for hydroxylation is 2. The Hall–Kier alpha value is -2.63. The quantitative estimate of drug-likeness (QED) is 0.944. The zero-order chi connectivity index (χ0) is 16.6. The van der Waals surface area contributed by atoms with E-state index >= 15 is 0 Å². The molecule has 1 aromatic heterocycles. The SMILES string of the molecule is CC(=O)N1CCc2cc(NC(=O)Cc3c(C)noc3C)ccc21. The lowest BCUT2D eigenvalue weighted by Crippen LogP contribution is -2.25. The zero-order valence-corrected chi connectivity index (χ0v) is 13.5. The Kier molecular flexibility index (Phi) is 3.90. The summed E-state index contributed by atoms with van der Waals surface area (Å²) in [6, 6.07) is 5.64. The minimum absolute atomic E-state index is 0.0407. The number of rotatable bonds is 3. The van der Waals surface area contributed by atoms with Crippen molar-refractivity contribution in [2.24, 2.45) is 0 Å². The lowest BCUT2D eigenvalue weighted by Gasteiger charge is -2.15. The maximum absolute atomic E-state index is 12.2. The molecule has 6 nitrogen and oxygen atoms in total. The molecule has 0 saturated heterocycles. The smallest absolute Gasteiger partial charge is 0.228 e. The lowest BCUT2D eigenvalue weighted by atomic mass is 10.1. The molecule has 1 aliphatic heterocycles. The Labute approximate surface area is 134 Å². The van der Waals surface area contributed by atoms with E-state index in [1.54, 1.807) is 18.7 Å². The highest BCUT2D eigenvalue weighted by Gasteiger charge is 2.22. The number of anilines is 2. The minimum atomic E-state index is -0.110. The molecule has 120 valence electrons. The van der Waals surface area contributed by atoms with Crippen molar-refractivity contribution in [3.8, 4) is 0 Å². The molecule has 0 unspecified atom stereocenters. The largest absolute Gasteiger partial charge is 0.361 e. The fraction of sp³-hybridized carbons (Fsp3) is 0.353. The molecule has 0 radical (unpaired) electrons. The standard InChI is InChI=1S/C17H19N3O3/c1-10-15(11(2)23-19-10)9-17(22)18-14-4-5-16-13(8-14)6-7-20(16)12(3)21/h4-5,8H,6-7,9H2,1-3H3,(H,18,22). The monoisotopic (exact) mass is 313 g/mol. The van der Waals surface area contributed by atoms with Crippen molar-refractivity contribution in [1.29, 1.82) is 0 Å². The molecule has 0 atom stereocenters. The van der Waals surface area contributed by atoms with Gasteiger partial charge in [0.2, 0.25) is 11.8 Å². The summed E-state index contributed by atoms with van der Waals surface area (Å²) >= 11 is 0. The van der Waals surface area contributed by atoms with Gasteiger partial charge in [0.1, 0.15) is 5.76 Å². The van der Waals surface area contributed by atoms with Gasteiger partial charge in [0, 0.05) is 30.4 Å². The van der Waals surface area contributed by atoms with Gasteiger partial charge in [-0.05, 0) is 44.0 Å². The second-order valence-corrected chi connectivity index (χ2v) is 5.79. The van der Waals surface area contributed by atoms with Crippen molar-refractivity contribution in [1.82, 2.24) is 5.16 Å². The topological polar surface area (TPSA) is 75.4 Å². The van der Waals surface area contributed by atoms with E-state index in [0.717, 1.165) is 34.6 Å². The van der Waals surface area contributed by atoms with Crippen LogP contribution < -0.4 is 10.2 Å². The summed E-state index contributed by atoms with van der Waals surface area (Å²) < 4.78 is 5.07. The molecule has 2 heterocycles. The van der Waals surface area contributed by atoms with Gasteiger partial charge in [0.05, 0.1) is 12.1 Å². The Morgan fingerprint density at radius 1 is 1.35 bits per heavy atom. The van der Waals surface area contributed by atoms with Crippen LogP contribution in [0.4, 0.5) is 11.4 Å². The van der Waals surface area contributed by atoms with Gasteiger partial charge in [-0.2, -0.15) is 0 Å². The van der Waals surface area contributed by atoms with Crippen LogP contribution in [0.15, 0.2) is 22.7 Å². The molecule has 2 amide bonds. The number of hydrogen-bond donors (Lipinski definition) is 1. The van der Waals surface area contributed by atoms with Crippen LogP contribution >= 0.6 is 0 Å². The third kappa shape index (κ3) is 2.97. The van der Waals surface area contributed by atoms with Crippen molar-refractivity contribution in [2.75, 3.05) is 16.8 Å². The number of aromatic nitrogens is 1. The molecule has 2 aromatic rings. The predicted molar refractivity (Wildman–Crippen MR) is 86.5 cm³/mol. The van der Waals surface area contributed by atoms with Crippen LogP contribution in [0.3, 0.4) is 0 Å². The van der Waals surface area contributed by atoms with Crippen molar-refractivity contribution in [3.05, 3.63) is 40.8 Å². The van der Waals surface area contributed by atoms with Crippen molar-refractivity contribution < 1.29 is 14.1 Å². The first-order valence-corrected chi connectivity index (χ1v) is 7.58. The Morgan fingerprint density at radius 2 is 2.13 bits per heavy atom. The normalized spacial score (nSPS) is 13.1. The Bertz CT molecular complexity index is 760. The summed E-state index contributed by atoms with van der Waals surface area (Å²) in [4.78, 5) is 25.5. The molecule has 0 saturated carbocycles. The third-order valence-electron chi connectivity index (χ3n) is 4.16. The molecule has 1 aliphatic rings. The molecule has 0 bridgehead atoms. The fourth-order valence-corrected chi connectivity index (χ4v) is 2.93. The van der Waals surface area contributed by atoms with Gasteiger partial charge >= 0.3 is 0 Å². The first-order chi connectivity index (χ1) is 11.0. The number of carbonyl (C=O) groups excluding carboxylic acids is 2. The number of carbonyl (C=O) groups is 2. The van der Waals surface area contributed by atoms with Crippen LogP contribution in [0.5, 0.6) is 0 Å². The Morgan fingerprint density at radius 3 is 2.78 bits per heavy atom. The molecular weight excluding hydrogens is 294 g/mol. The average Bonchev–Trinajstić information content (AvgIpc) is 3.05. The first kappa shape index (κ1) is 15.3. The zero-order valence-electron chi connectivity index (χ0n) is 13.5. The van der Waals surface area contributed by atoms with Gasteiger partial charge in [-0.15, -0.1) is 0 Å². The third-order valence-corrected chi connectivity index (χ3v) is 4.16. The van der Waals surface area contributed by atoms with Crippen molar-refractivity contribution in [3.63, 3.8) is 0 Å². The molecule has 1 N–H and O–H groups in total.